The fourth-order valence-corrected chi connectivity index (χ4v) is 2.89. The number of halogens is 1. The van der Waals surface area contributed by atoms with Crippen LogP contribution in [0.2, 0.25) is 0 Å². The molecule has 19 heavy (non-hydrogen) atoms. The standard InChI is InChI=1S/C16H24FNO/c1-12-6-3-2-4-9-15(12)18-11-16(19)13-7-5-8-14(17)10-13/h5,7-8,10,12,15-16,18-19H,2-4,6,9,11H2,1H3. The fourth-order valence-electron chi connectivity index (χ4n) is 2.89. The van der Waals surface area contributed by atoms with Crippen molar-refractivity contribution < 1.29 is 9.50 Å². The summed E-state index contributed by atoms with van der Waals surface area (Å²) >= 11 is 0. The lowest BCUT2D eigenvalue weighted by atomic mass is 9.96. The van der Waals surface area contributed by atoms with Crippen LogP contribution in [0.15, 0.2) is 24.3 Å². The molecule has 0 amide bonds. The first-order valence-corrected chi connectivity index (χ1v) is 7.33. The molecule has 2 rings (SSSR count). The Morgan fingerprint density at radius 2 is 2.11 bits per heavy atom. The van der Waals surface area contributed by atoms with Crippen LogP contribution in [0, 0.1) is 11.7 Å². The zero-order chi connectivity index (χ0) is 13.7. The number of aliphatic hydroxyl groups excluding tert-OH is 1. The Morgan fingerprint density at radius 3 is 2.89 bits per heavy atom. The Bertz CT molecular complexity index is 396. The first-order chi connectivity index (χ1) is 9.16. The van der Waals surface area contributed by atoms with Crippen molar-refractivity contribution in [3.63, 3.8) is 0 Å². The van der Waals surface area contributed by atoms with Gasteiger partial charge in [0.2, 0.25) is 0 Å². The second-order valence-electron chi connectivity index (χ2n) is 5.70. The van der Waals surface area contributed by atoms with Crippen LogP contribution in [0.5, 0.6) is 0 Å². The lowest BCUT2D eigenvalue weighted by Crippen LogP contribution is -2.37. The van der Waals surface area contributed by atoms with Crippen LogP contribution in [-0.2, 0) is 0 Å². The van der Waals surface area contributed by atoms with E-state index >= 15 is 0 Å². The van der Waals surface area contributed by atoms with Gasteiger partial charge >= 0.3 is 0 Å². The van der Waals surface area contributed by atoms with Crippen molar-refractivity contribution >= 4 is 0 Å². The first-order valence-electron chi connectivity index (χ1n) is 7.33. The van der Waals surface area contributed by atoms with Gasteiger partial charge in [-0.25, -0.2) is 4.39 Å². The summed E-state index contributed by atoms with van der Waals surface area (Å²) in [5.41, 5.74) is 0.647. The highest BCUT2D eigenvalue weighted by Crippen LogP contribution is 2.23. The molecule has 1 saturated carbocycles. The molecule has 0 spiro atoms. The maximum Gasteiger partial charge on any atom is 0.123 e. The molecule has 0 radical (unpaired) electrons. The van der Waals surface area contributed by atoms with Gasteiger partial charge in [0.15, 0.2) is 0 Å². The summed E-state index contributed by atoms with van der Waals surface area (Å²) in [6, 6.07) is 6.69. The normalized spacial score (nSPS) is 25.8. The number of nitrogens with one attached hydrogen (secondary N) is 1. The molecule has 2 N–H and O–H groups in total. The third-order valence-corrected chi connectivity index (χ3v) is 4.17. The fraction of sp³-hybridized carbons (Fsp3) is 0.625. The number of aliphatic hydroxyl groups is 1. The molecular weight excluding hydrogens is 241 g/mol. The molecule has 1 fully saturated rings. The van der Waals surface area contributed by atoms with E-state index in [-0.39, 0.29) is 5.82 Å². The highest BCUT2D eigenvalue weighted by Gasteiger charge is 2.20. The topological polar surface area (TPSA) is 32.3 Å². The van der Waals surface area contributed by atoms with Crippen LogP contribution in [0.25, 0.3) is 0 Å². The Morgan fingerprint density at radius 1 is 1.32 bits per heavy atom. The van der Waals surface area contributed by atoms with E-state index < -0.39 is 6.10 Å². The molecule has 0 bridgehead atoms. The highest BCUT2D eigenvalue weighted by atomic mass is 19.1. The van der Waals surface area contributed by atoms with Gasteiger partial charge in [0.05, 0.1) is 6.10 Å². The van der Waals surface area contributed by atoms with Crippen molar-refractivity contribution in [2.24, 2.45) is 5.92 Å². The molecule has 1 aliphatic carbocycles. The van der Waals surface area contributed by atoms with Gasteiger partial charge in [-0.15, -0.1) is 0 Å². The Labute approximate surface area is 115 Å². The van der Waals surface area contributed by atoms with Gasteiger partial charge in [0, 0.05) is 12.6 Å². The van der Waals surface area contributed by atoms with Gasteiger partial charge < -0.3 is 10.4 Å². The average molecular weight is 265 g/mol. The number of rotatable bonds is 4. The molecule has 1 aromatic carbocycles. The lowest BCUT2D eigenvalue weighted by Gasteiger charge is -2.24. The van der Waals surface area contributed by atoms with Gasteiger partial charge in [-0.05, 0) is 36.5 Å². The average Bonchev–Trinajstić information content (AvgIpc) is 2.61. The summed E-state index contributed by atoms with van der Waals surface area (Å²) < 4.78 is 13.1. The van der Waals surface area contributed by atoms with E-state index in [1.54, 1.807) is 12.1 Å². The summed E-state index contributed by atoms with van der Waals surface area (Å²) in [7, 11) is 0. The van der Waals surface area contributed by atoms with Crippen LogP contribution < -0.4 is 5.32 Å². The van der Waals surface area contributed by atoms with Crippen molar-refractivity contribution in [1.82, 2.24) is 5.32 Å². The van der Waals surface area contributed by atoms with Gasteiger partial charge in [0.1, 0.15) is 5.82 Å². The molecule has 106 valence electrons. The Kier molecular flexibility index (Phi) is 5.34. The summed E-state index contributed by atoms with van der Waals surface area (Å²) in [6.07, 6.45) is 5.69. The second-order valence-corrected chi connectivity index (χ2v) is 5.70. The van der Waals surface area contributed by atoms with E-state index in [4.69, 9.17) is 0 Å². The van der Waals surface area contributed by atoms with Gasteiger partial charge in [0.25, 0.3) is 0 Å². The molecule has 3 unspecified atom stereocenters. The van der Waals surface area contributed by atoms with Crippen LogP contribution in [0.4, 0.5) is 4.39 Å². The highest BCUT2D eigenvalue weighted by molar-refractivity contribution is 5.19. The zero-order valence-corrected chi connectivity index (χ0v) is 11.6. The van der Waals surface area contributed by atoms with E-state index in [2.05, 4.69) is 12.2 Å². The minimum absolute atomic E-state index is 0.292. The monoisotopic (exact) mass is 265 g/mol. The first kappa shape index (κ1) is 14.5. The van der Waals surface area contributed by atoms with Crippen molar-refractivity contribution in [2.75, 3.05) is 6.54 Å². The SMILES string of the molecule is CC1CCCCCC1NCC(O)c1cccc(F)c1. The molecule has 1 aliphatic rings. The van der Waals surface area contributed by atoms with E-state index in [1.165, 1.54) is 44.2 Å². The minimum atomic E-state index is -0.633. The van der Waals surface area contributed by atoms with E-state index in [0.29, 0.717) is 24.1 Å². The summed E-state index contributed by atoms with van der Waals surface area (Å²) in [5, 5.41) is 13.6. The predicted octanol–water partition coefficient (Wildman–Crippen LogP) is 3.42. The zero-order valence-electron chi connectivity index (χ0n) is 11.6. The maximum atomic E-state index is 13.1. The smallest absolute Gasteiger partial charge is 0.123 e. The van der Waals surface area contributed by atoms with Crippen molar-refractivity contribution in [1.29, 1.82) is 0 Å². The summed E-state index contributed by atoms with van der Waals surface area (Å²) in [6.45, 7) is 2.77. The third-order valence-electron chi connectivity index (χ3n) is 4.17. The lowest BCUT2D eigenvalue weighted by molar-refractivity contribution is 0.163. The van der Waals surface area contributed by atoms with Crippen LogP contribution >= 0.6 is 0 Å². The van der Waals surface area contributed by atoms with E-state index in [0.717, 1.165) is 0 Å². The largest absolute Gasteiger partial charge is 0.387 e. The number of hydrogen-bond acceptors (Lipinski definition) is 2. The quantitative estimate of drug-likeness (QED) is 0.818. The molecule has 0 aliphatic heterocycles. The van der Waals surface area contributed by atoms with E-state index in [9.17, 15) is 9.50 Å². The predicted molar refractivity (Wildman–Crippen MR) is 75.4 cm³/mol. The molecule has 3 atom stereocenters. The van der Waals surface area contributed by atoms with Crippen molar-refractivity contribution in [2.45, 2.75) is 51.2 Å². The molecule has 0 saturated heterocycles. The Balaban J connectivity index is 1.87. The minimum Gasteiger partial charge on any atom is -0.387 e. The summed E-state index contributed by atoms with van der Waals surface area (Å²) in [4.78, 5) is 0. The molecule has 0 aromatic heterocycles. The van der Waals surface area contributed by atoms with Crippen molar-refractivity contribution in [3.8, 4) is 0 Å². The van der Waals surface area contributed by atoms with Gasteiger partial charge in [-0.3, -0.25) is 0 Å². The van der Waals surface area contributed by atoms with Crippen molar-refractivity contribution in [3.05, 3.63) is 35.6 Å². The van der Waals surface area contributed by atoms with Gasteiger partial charge in [-0.1, -0.05) is 38.3 Å². The number of benzene rings is 1. The molecule has 3 heteroatoms. The van der Waals surface area contributed by atoms with E-state index in [1.807, 2.05) is 0 Å². The molecule has 2 nitrogen and oxygen atoms in total. The maximum absolute atomic E-state index is 13.1. The Hall–Kier alpha value is -0.930. The number of hydrogen-bond donors (Lipinski definition) is 2. The molecule has 1 aromatic rings. The van der Waals surface area contributed by atoms with Crippen LogP contribution in [-0.4, -0.2) is 17.7 Å². The molecule has 0 heterocycles. The van der Waals surface area contributed by atoms with Crippen LogP contribution in [0.3, 0.4) is 0 Å². The van der Waals surface area contributed by atoms with Crippen LogP contribution in [0.1, 0.15) is 50.7 Å². The summed E-state index contributed by atoms with van der Waals surface area (Å²) in [5.74, 6) is 0.363. The molecular formula is C16H24FNO. The second kappa shape index (κ2) is 7.01. The third kappa shape index (κ3) is 4.29. The van der Waals surface area contributed by atoms with Gasteiger partial charge in [-0.2, -0.15) is 0 Å².